The minimum atomic E-state index is -3.14. The van der Waals surface area contributed by atoms with E-state index in [1.807, 2.05) is 0 Å². The molecule has 0 fully saturated rings. The molecular formula is C17H16F2NO5S-. The zero-order chi connectivity index (χ0) is 19.6. The summed E-state index contributed by atoms with van der Waals surface area (Å²) in [6, 6.07) is 5.15. The Kier molecular flexibility index (Phi) is 5.94. The van der Waals surface area contributed by atoms with E-state index in [-0.39, 0.29) is 16.9 Å². The molecule has 0 radical (unpaired) electrons. The van der Waals surface area contributed by atoms with Crippen molar-refractivity contribution in [3.05, 3.63) is 48.0 Å². The van der Waals surface area contributed by atoms with Crippen molar-refractivity contribution in [2.45, 2.75) is 19.9 Å². The van der Waals surface area contributed by atoms with Gasteiger partial charge in [0.2, 0.25) is 0 Å². The molecule has 6 nitrogen and oxygen atoms in total. The highest BCUT2D eigenvalue weighted by Crippen LogP contribution is 2.33. The van der Waals surface area contributed by atoms with E-state index >= 15 is 0 Å². The van der Waals surface area contributed by atoms with E-state index in [1.54, 1.807) is 0 Å². The quantitative estimate of drug-likeness (QED) is 0.746. The molecule has 140 valence electrons. The number of carboxylic acids is 1. The normalized spacial score (nSPS) is 13.5. The minimum absolute atomic E-state index is 0.0552. The molecule has 0 aliphatic heterocycles. The third-order valence-corrected chi connectivity index (χ3v) is 4.50. The van der Waals surface area contributed by atoms with Crippen LogP contribution in [0.25, 0.3) is 11.1 Å². The number of nitrogens with zero attached hydrogens (tertiary/aromatic N) is 1. The molecule has 2 atom stereocenters. The van der Waals surface area contributed by atoms with Crippen molar-refractivity contribution in [1.29, 1.82) is 0 Å². The van der Waals surface area contributed by atoms with Crippen LogP contribution in [0.4, 0.5) is 14.5 Å². The fraction of sp³-hybridized carbons (Fsp3) is 0.235. The number of aliphatic carboxylic acids is 1. The molecule has 0 bridgehead atoms. The van der Waals surface area contributed by atoms with E-state index in [9.17, 15) is 32.6 Å². The first-order valence-corrected chi connectivity index (χ1v) is 8.56. The fourth-order valence-electron chi connectivity index (χ4n) is 2.55. The second kappa shape index (κ2) is 7.79. The van der Waals surface area contributed by atoms with Gasteiger partial charge in [-0.25, -0.2) is 13.6 Å². The molecule has 26 heavy (non-hydrogen) atoms. The molecule has 0 aliphatic rings. The summed E-state index contributed by atoms with van der Waals surface area (Å²) in [5.41, 5.74) is -0.585. The van der Waals surface area contributed by atoms with Crippen LogP contribution in [0.3, 0.4) is 0 Å². The topological polar surface area (TPSA) is 101 Å². The van der Waals surface area contributed by atoms with Crippen molar-refractivity contribution in [1.82, 2.24) is 0 Å². The van der Waals surface area contributed by atoms with Crippen molar-refractivity contribution in [3.8, 4) is 16.9 Å². The average Bonchev–Trinajstić information content (AvgIpc) is 2.54. The molecule has 2 N–H and O–H groups in total. The smallest absolute Gasteiger partial charge is 0.327 e. The van der Waals surface area contributed by atoms with Crippen molar-refractivity contribution in [2.75, 3.05) is 4.31 Å². The van der Waals surface area contributed by atoms with Gasteiger partial charge < -0.3 is 14.8 Å². The summed E-state index contributed by atoms with van der Waals surface area (Å²) in [4.78, 5) is 11.4. The van der Waals surface area contributed by atoms with Crippen LogP contribution >= 0.6 is 0 Å². The lowest BCUT2D eigenvalue weighted by atomic mass is 10.0. The molecule has 0 aliphatic carbocycles. The second-order valence-electron chi connectivity index (χ2n) is 5.90. The molecule has 2 rings (SSSR count). The lowest BCUT2D eigenvalue weighted by Gasteiger charge is -2.34. The lowest BCUT2D eigenvalue weighted by molar-refractivity contribution is -0.139. The number of aromatic hydroxyl groups is 1. The van der Waals surface area contributed by atoms with Crippen molar-refractivity contribution >= 4 is 22.9 Å². The van der Waals surface area contributed by atoms with Gasteiger partial charge in [-0.15, -0.1) is 0 Å². The highest BCUT2D eigenvalue weighted by Gasteiger charge is 2.32. The number of phenolic OH excluding ortho intramolecular Hbond substituents is 1. The Morgan fingerprint density at radius 2 is 1.73 bits per heavy atom. The first kappa shape index (κ1) is 19.8. The summed E-state index contributed by atoms with van der Waals surface area (Å²) in [5, 5.41) is 18.6. The molecular weight excluding hydrogens is 368 g/mol. The van der Waals surface area contributed by atoms with Gasteiger partial charge >= 0.3 is 5.97 Å². The molecule has 2 aromatic rings. The van der Waals surface area contributed by atoms with Gasteiger partial charge in [-0.1, -0.05) is 26.0 Å². The number of benzene rings is 2. The van der Waals surface area contributed by atoms with Crippen molar-refractivity contribution in [3.63, 3.8) is 0 Å². The van der Waals surface area contributed by atoms with Crippen LogP contribution in [0.15, 0.2) is 36.4 Å². The molecule has 0 amide bonds. The molecule has 2 unspecified atom stereocenters. The van der Waals surface area contributed by atoms with E-state index in [4.69, 9.17) is 0 Å². The molecule has 0 saturated heterocycles. The Labute approximate surface area is 151 Å². The van der Waals surface area contributed by atoms with Gasteiger partial charge in [-0.2, -0.15) is 0 Å². The molecule has 0 saturated carbocycles. The number of carboxylic acid groups (broad SMARTS) is 1. The molecule has 0 heterocycles. The molecule has 0 aromatic heterocycles. The first-order chi connectivity index (χ1) is 12.1. The average molecular weight is 384 g/mol. The zero-order valence-electron chi connectivity index (χ0n) is 13.8. The fourth-order valence-corrected chi connectivity index (χ4v) is 3.37. The van der Waals surface area contributed by atoms with E-state index in [0.717, 1.165) is 6.07 Å². The Morgan fingerprint density at radius 1 is 1.15 bits per heavy atom. The zero-order valence-corrected chi connectivity index (χ0v) is 14.7. The number of phenols is 1. The van der Waals surface area contributed by atoms with Crippen LogP contribution in [0.5, 0.6) is 5.75 Å². The summed E-state index contributed by atoms with van der Waals surface area (Å²) in [6.45, 7) is 2.91. The van der Waals surface area contributed by atoms with E-state index in [1.165, 1.54) is 38.1 Å². The van der Waals surface area contributed by atoms with Gasteiger partial charge in [0.05, 0.1) is 5.69 Å². The van der Waals surface area contributed by atoms with Crippen LogP contribution in [0.2, 0.25) is 0 Å². The summed E-state index contributed by atoms with van der Waals surface area (Å²) in [7, 11) is 0. The van der Waals surface area contributed by atoms with Crippen molar-refractivity contribution < 1.29 is 32.6 Å². The molecule has 0 spiro atoms. The number of rotatable bonds is 6. The summed E-state index contributed by atoms with van der Waals surface area (Å²) in [5.74, 6) is -4.25. The third-order valence-electron chi connectivity index (χ3n) is 3.75. The standard InChI is InChI=1S/C17H17F2NO5S/c1-9(2)16(17(22)23)20(26(24)25)15-8-13(18)12(7-14(15)19)10-3-5-11(21)6-4-10/h3-9,16,21H,1-2H3,(H,22,23)(H,24,25)/p-1. The SMILES string of the molecule is CC(C)C(C(=O)O)N(c1cc(F)c(-c2ccc(O)cc2)cc1F)S(=O)[O-]. The van der Waals surface area contributed by atoms with Gasteiger partial charge in [0.25, 0.3) is 0 Å². The maximum absolute atomic E-state index is 14.6. The highest BCUT2D eigenvalue weighted by atomic mass is 32.2. The van der Waals surface area contributed by atoms with Crippen LogP contribution in [0, 0.1) is 17.6 Å². The van der Waals surface area contributed by atoms with Crippen molar-refractivity contribution in [2.24, 2.45) is 5.92 Å². The maximum atomic E-state index is 14.6. The van der Waals surface area contributed by atoms with Crippen LogP contribution in [-0.2, 0) is 16.1 Å². The Bertz CT molecular complexity index is 842. The number of hydrogen-bond acceptors (Lipinski definition) is 4. The Morgan fingerprint density at radius 3 is 2.19 bits per heavy atom. The van der Waals surface area contributed by atoms with Crippen LogP contribution < -0.4 is 4.31 Å². The summed E-state index contributed by atoms with van der Waals surface area (Å²) in [6.07, 6.45) is 0. The van der Waals surface area contributed by atoms with Crippen LogP contribution in [0.1, 0.15) is 13.8 Å². The summed E-state index contributed by atoms with van der Waals surface area (Å²) < 4.78 is 52.5. The number of halogens is 2. The minimum Gasteiger partial charge on any atom is -0.755 e. The Hall–Kier alpha value is -2.52. The number of hydrogen-bond donors (Lipinski definition) is 2. The predicted molar refractivity (Wildman–Crippen MR) is 91.1 cm³/mol. The van der Waals surface area contributed by atoms with E-state index < -0.39 is 46.5 Å². The predicted octanol–water partition coefficient (Wildman–Crippen LogP) is 3.05. The molecule has 9 heteroatoms. The third kappa shape index (κ3) is 4.00. The van der Waals surface area contributed by atoms with E-state index in [0.29, 0.717) is 10.4 Å². The molecule has 2 aromatic carbocycles. The summed E-state index contributed by atoms with van der Waals surface area (Å²) >= 11 is -3.14. The van der Waals surface area contributed by atoms with Gasteiger partial charge in [0, 0.05) is 22.9 Å². The number of anilines is 1. The van der Waals surface area contributed by atoms with Crippen LogP contribution in [-0.4, -0.2) is 31.0 Å². The second-order valence-corrected chi connectivity index (χ2v) is 6.73. The Balaban J connectivity index is 2.58. The van der Waals surface area contributed by atoms with Gasteiger partial charge in [0.15, 0.2) is 0 Å². The van der Waals surface area contributed by atoms with Gasteiger partial charge in [-0.05, 0) is 29.7 Å². The van der Waals surface area contributed by atoms with E-state index in [2.05, 4.69) is 0 Å². The van der Waals surface area contributed by atoms with Gasteiger partial charge in [-0.3, -0.25) is 8.51 Å². The maximum Gasteiger partial charge on any atom is 0.327 e. The number of carbonyl (C=O) groups is 1. The van der Waals surface area contributed by atoms with Gasteiger partial charge in [0.1, 0.15) is 23.4 Å². The largest absolute Gasteiger partial charge is 0.755 e. The monoisotopic (exact) mass is 384 g/mol. The highest BCUT2D eigenvalue weighted by molar-refractivity contribution is 7.80. The lowest BCUT2D eigenvalue weighted by Crippen LogP contribution is -2.46. The first-order valence-electron chi connectivity index (χ1n) is 7.53.